The smallest absolute Gasteiger partial charge is 0.246 e. The highest BCUT2D eigenvalue weighted by atomic mass is 32.1. The summed E-state index contributed by atoms with van der Waals surface area (Å²) < 4.78 is 8.50. The van der Waals surface area contributed by atoms with Gasteiger partial charge in [-0.05, 0) is 25.0 Å². The average Bonchev–Trinajstić information content (AvgIpc) is 3.03. The van der Waals surface area contributed by atoms with E-state index in [1.807, 2.05) is 24.3 Å². The Balaban J connectivity index is 1.41. The van der Waals surface area contributed by atoms with Crippen LogP contribution in [0.3, 0.4) is 0 Å². The second-order valence-electron chi connectivity index (χ2n) is 6.64. The molecule has 1 saturated carbocycles. The van der Waals surface area contributed by atoms with Crippen molar-refractivity contribution in [3.63, 3.8) is 0 Å². The molecular weight excluding hydrogens is 378 g/mol. The monoisotopic (exact) mass is 391 g/mol. The number of aromatic amines is 1. The number of carbonyl (C=O) groups excluding carboxylic acids is 1. The number of hydrogen-bond donors (Lipinski definition) is 2. The number of fused-ring (bicyclic) bond motifs is 2. The zero-order chi connectivity index (χ0) is 18.7. The molecule has 0 radical (unpaired) electrons. The Labute approximate surface area is 161 Å². The quantitative estimate of drug-likeness (QED) is 0.485. The maximum Gasteiger partial charge on any atom is 0.246 e. The third-order valence-corrected chi connectivity index (χ3v) is 5.62. The van der Waals surface area contributed by atoms with Crippen LogP contribution < -0.4 is 5.32 Å². The SMILES string of the molecule is O=C(Nc1nc2[nH]nc(-n3cncc3-c3nc4ccccc4o3)c2s1)C1CC1. The van der Waals surface area contributed by atoms with E-state index in [-0.39, 0.29) is 11.8 Å². The van der Waals surface area contributed by atoms with Crippen LogP contribution in [-0.2, 0) is 4.79 Å². The van der Waals surface area contributed by atoms with Gasteiger partial charge in [0.05, 0.1) is 6.20 Å². The molecule has 0 bridgehead atoms. The van der Waals surface area contributed by atoms with Gasteiger partial charge in [0.1, 0.15) is 22.2 Å². The molecule has 10 heteroatoms. The van der Waals surface area contributed by atoms with Crippen LogP contribution in [0, 0.1) is 5.92 Å². The highest BCUT2D eigenvalue weighted by Crippen LogP contribution is 2.34. The molecule has 1 aliphatic rings. The topological polar surface area (TPSA) is 115 Å². The van der Waals surface area contributed by atoms with E-state index < -0.39 is 0 Å². The summed E-state index contributed by atoms with van der Waals surface area (Å²) in [5.74, 6) is 1.25. The molecule has 0 aliphatic heterocycles. The van der Waals surface area contributed by atoms with Crippen molar-refractivity contribution in [2.24, 2.45) is 5.92 Å². The first-order valence-corrected chi connectivity index (χ1v) is 9.62. The van der Waals surface area contributed by atoms with E-state index >= 15 is 0 Å². The molecule has 138 valence electrons. The molecule has 0 atom stereocenters. The van der Waals surface area contributed by atoms with Gasteiger partial charge in [-0.3, -0.25) is 14.5 Å². The molecule has 5 aromatic rings. The number of nitrogens with one attached hydrogen (secondary N) is 2. The lowest BCUT2D eigenvalue weighted by atomic mass is 10.3. The number of para-hydroxylation sites is 2. The van der Waals surface area contributed by atoms with Crippen molar-refractivity contribution in [2.75, 3.05) is 5.32 Å². The second kappa shape index (κ2) is 5.73. The molecule has 1 fully saturated rings. The van der Waals surface area contributed by atoms with Crippen molar-refractivity contribution in [1.82, 2.24) is 29.7 Å². The van der Waals surface area contributed by atoms with Crippen molar-refractivity contribution in [1.29, 1.82) is 0 Å². The van der Waals surface area contributed by atoms with Gasteiger partial charge in [-0.1, -0.05) is 23.5 Å². The van der Waals surface area contributed by atoms with E-state index in [2.05, 4.69) is 30.5 Å². The van der Waals surface area contributed by atoms with Crippen LogP contribution in [0.1, 0.15) is 12.8 Å². The summed E-state index contributed by atoms with van der Waals surface area (Å²) >= 11 is 1.37. The van der Waals surface area contributed by atoms with Gasteiger partial charge in [0.25, 0.3) is 0 Å². The standard InChI is InChI=1S/C18H13N7O2S/c26-16(9-5-6-9)22-18-21-14-13(28-18)15(24-23-14)25-8-19-7-11(25)17-20-10-3-1-2-4-12(10)27-17/h1-4,7-9H,5-6H2,(H2,21,22,23,24,26). The number of nitrogens with zero attached hydrogens (tertiary/aromatic N) is 5. The largest absolute Gasteiger partial charge is 0.435 e. The van der Waals surface area contributed by atoms with Crippen LogP contribution >= 0.6 is 11.3 Å². The summed E-state index contributed by atoms with van der Waals surface area (Å²) in [4.78, 5) is 25.2. The third-order valence-electron chi connectivity index (χ3n) is 4.66. The first kappa shape index (κ1) is 15.5. The van der Waals surface area contributed by atoms with Gasteiger partial charge in [0.2, 0.25) is 11.8 Å². The number of imidazole rings is 1. The van der Waals surface area contributed by atoms with Crippen molar-refractivity contribution in [2.45, 2.75) is 12.8 Å². The van der Waals surface area contributed by atoms with Crippen LogP contribution in [-0.4, -0.2) is 35.6 Å². The first-order valence-electron chi connectivity index (χ1n) is 8.81. The number of H-pyrrole nitrogens is 1. The van der Waals surface area contributed by atoms with E-state index in [0.717, 1.165) is 23.1 Å². The predicted molar refractivity (Wildman–Crippen MR) is 103 cm³/mol. The molecule has 1 aromatic carbocycles. The fraction of sp³-hybridized carbons (Fsp3) is 0.167. The molecule has 28 heavy (non-hydrogen) atoms. The minimum Gasteiger partial charge on any atom is -0.435 e. The van der Waals surface area contributed by atoms with Crippen LogP contribution in [0.4, 0.5) is 5.13 Å². The Morgan fingerprint density at radius 2 is 2.18 bits per heavy atom. The summed E-state index contributed by atoms with van der Waals surface area (Å²) in [5, 5.41) is 10.7. The Bertz CT molecular complexity index is 1310. The summed E-state index contributed by atoms with van der Waals surface area (Å²) in [6, 6.07) is 7.59. The van der Waals surface area contributed by atoms with Crippen LogP contribution in [0.25, 0.3) is 38.8 Å². The fourth-order valence-corrected chi connectivity index (χ4v) is 3.98. The Morgan fingerprint density at radius 1 is 1.29 bits per heavy atom. The third kappa shape index (κ3) is 2.42. The molecule has 1 aliphatic carbocycles. The normalized spacial score (nSPS) is 14.1. The van der Waals surface area contributed by atoms with Crippen molar-refractivity contribution < 1.29 is 9.21 Å². The van der Waals surface area contributed by atoms with Gasteiger partial charge in [-0.15, -0.1) is 0 Å². The minimum atomic E-state index is 0.0284. The highest BCUT2D eigenvalue weighted by Gasteiger charge is 2.30. The number of amides is 1. The highest BCUT2D eigenvalue weighted by molar-refractivity contribution is 7.22. The lowest BCUT2D eigenvalue weighted by Gasteiger charge is -2.01. The Hall–Kier alpha value is -3.53. The number of oxazole rings is 1. The predicted octanol–water partition coefficient (Wildman–Crippen LogP) is 3.36. The number of anilines is 1. The summed E-state index contributed by atoms with van der Waals surface area (Å²) in [6.45, 7) is 0. The van der Waals surface area contributed by atoms with E-state index in [4.69, 9.17) is 4.42 Å². The van der Waals surface area contributed by atoms with E-state index in [9.17, 15) is 4.79 Å². The number of aromatic nitrogens is 6. The zero-order valence-electron chi connectivity index (χ0n) is 14.4. The number of thiazole rings is 1. The van der Waals surface area contributed by atoms with Gasteiger partial charge in [-0.25, -0.2) is 15.0 Å². The number of rotatable bonds is 4. The fourth-order valence-electron chi connectivity index (χ4n) is 3.08. The molecule has 2 N–H and O–H groups in total. The van der Waals surface area contributed by atoms with Gasteiger partial charge in [-0.2, -0.15) is 5.10 Å². The first-order chi connectivity index (χ1) is 13.8. The van der Waals surface area contributed by atoms with Crippen LogP contribution in [0.15, 0.2) is 41.2 Å². The number of benzene rings is 1. The Morgan fingerprint density at radius 3 is 3.04 bits per heavy atom. The van der Waals surface area contributed by atoms with Gasteiger partial charge in [0, 0.05) is 5.92 Å². The summed E-state index contributed by atoms with van der Waals surface area (Å²) in [5.41, 5.74) is 2.78. The number of hydrogen-bond acceptors (Lipinski definition) is 7. The summed E-state index contributed by atoms with van der Waals surface area (Å²) in [6.07, 6.45) is 5.24. The van der Waals surface area contributed by atoms with E-state index in [1.54, 1.807) is 17.1 Å². The molecule has 4 aromatic heterocycles. The molecule has 0 saturated heterocycles. The van der Waals surface area contributed by atoms with E-state index in [0.29, 0.717) is 33.8 Å². The number of carbonyl (C=O) groups is 1. The summed E-state index contributed by atoms with van der Waals surface area (Å²) in [7, 11) is 0. The van der Waals surface area contributed by atoms with Gasteiger partial charge in [0.15, 0.2) is 22.2 Å². The van der Waals surface area contributed by atoms with Gasteiger partial charge < -0.3 is 9.73 Å². The van der Waals surface area contributed by atoms with E-state index in [1.165, 1.54) is 11.3 Å². The molecule has 0 spiro atoms. The minimum absolute atomic E-state index is 0.0284. The molecule has 4 heterocycles. The van der Waals surface area contributed by atoms with Crippen LogP contribution in [0.5, 0.6) is 0 Å². The average molecular weight is 391 g/mol. The van der Waals surface area contributed by atoms with Crippen LogP contribution in [0.2, 0.25) is 0 Å². The lowest BCUT2D eigenvalue weighted by molar-refractivity contribution is -0.117. The zero-order valence-corrected chi connectivity index (χ0v) is 15.2. The lowest BCUT2D eigenvalue weighted by Crippen LogP contribution is -2.12. The molecule has 6 rings (SSSR count). The maximum absolute atomic E-state index is 12.0. The Kier molecular flexibility index (Phi) is 3.18. The molecule has 9 nitrogen and oxygen atoms in total. The van der Waals surface area contributed by atoms with Gasteiger partial charge >= 0.3 is 0 Å². The van der Waals surface area contributed by atoms with Crippen molar-refractivity contribution in [3.8, 4) is 17.4 Å². The maximum atomic E-state index is 12.0. The molecular formula is C18H13N7O2S. The molecule has 1 amide bonds. The molecule has 0 unspecified atom stereocenters. The van der Waals surface area contributed by atoms with Crippen molar-refractivity contribution >= 4 is 43.8 Å². The second-order valence-corrected chi connectivity index (χ2v) is 7.64. The van der Waals surface area contributed by atoms with Crippen molar-refractivity contribution in [3.05, 3.63) is 36.8 Å².